The molecule has 9 aromatic rings. The van der Waals surface area contributed by atoms with Crippen LogP contribution in [0.1, 0.15) is 71.4 Å². The molecule has 3 amide bonds. The number of hydrogen-bond acceptors (Lipinski definition) is 21. The second-order valence-electron chi connectivity index (χ2n) is 27.5. The number of methoxy groups -OCH3 is 6. The summed E-state index contributed by atoms with van der Waals surface area (Å²) < 4.78 is 48.2. The molecular formula is C80H86Cl6N10O14. The number of likely N-dealkylation sites (tertiary alicyclic amines) is 2. The van der Waals surface area contributed by atoms with E-state index in [1.807, 2.05) is 82.3 Å². The molecule has 6 aromatic carbocycles. The van der Waals surface area contributed by atoms with E-state index in [9.17, 15) is 24.0 Å². The fourth-order valence-electron chi connectivity index (χ4n) is 13.6. The molecule has 110 heavy (non-hydrogen) atoms. The van der Waals surface area contributed by atoms with Gasteiger partial charge in [-0.1, -0.05) is 94.4 Å². The monoisotopic (exact) mass is 1620 g/mol. The predicted molar refractivity (Wildman–Crippen MR) is 426 cm³/mol. The Balaban J connectivity index is 0.000000176. The van der Waals surface area contributed by atoms with Crippen molar-refractivity contribution in [2.75, 3.05) is 89.6 Å². The molecule has 0 saturated carbocycles. The van der Waals surface area contributed by atoms with E-state index in [4.69, 9.17) is 127 Å². The number of fused-ring (bicyclic) bond motifs is 3. The molecule has 1 N–H and O–H groups in total. The number of amides is 3. The van der Waals surface area contributed by atoms with Gasteiger partial charge in [-0.15, -0.1) is 0 Å². The van der Waals surface area contributed by atoms with E-state index in [1.165, 1.54) is 49.2 Å². The lowest BCUT2D eigenvalue weighted by Gasteiger charge is -2.29. The molecule has 3 fully saturated rings. The summed E-state index contributed by atoms with van der Waals surface area (Å²) >= 11 is 39.5. The summed E-state index contributed by atoms with van der Waals surface area (Å²) in [6, 6.07) is 20.6. The molecule has 3 saturated heterocycles. The molecule has 582 valence electrons. The lowest BCUT2D eigenvalue weighted by molar-refractivity contribution is -0.151. The average molecular weight is 1620 g/mol. The summed E-state index contributed by atoms with van der Waals surface area (Å²) in [5, 5.41) is 8.01. The van der Waals surface area contributed by atoms with Gasteiger partial charge in [0, 0.05) is 116 Å². The Morgan fingerprint density at radius 2 is 0.864 bits per heavy atom. The largest absolute Gasteiger partial charge is 0.495 e. The molecule has 0 aliphatic carbocycles. The Kier molecular flexibility index (Phi) is 27.8. The first-order valence-electron chi connectivity index (χ1n) is 35.4. The highest BCUT2D eigenvalue weighted by atomic mass is 35.5. The number of nitrogens with zero attached hydrogens (tertiary/aromatic N) is 9. The van der Waals surface area contributed by atoms with Crippen LogP contribution in [0.4, 0.5) is 4.79 Å². The normalized spacial score (nSPS) is 17.3. The lowest BCUT2D eigenvalue weighted by Crippen LogP contribution is -2.47. The van der Waals surface area contributed by atoms with Crippen LogP contribution in [0.3, 0.4) is 0 Å². The highest BCUT2D eigenvalue weighted by Gasteiger charge is 2.43. The number of esters is 2. The number of aromatic nitrogens is 6. The highest BCUT2D eigenvalue weighted by Crippen LogP contribution is 2.50. The Morgan fingerprint density at radius 1 is 0.509 bits per heavy atom. The van der Waals surface area contributed by atoms with E-state index in [-0.39, 0.29) is 48.2 Å². The third-order valence-electron chi connectivity index (χ3n) is 18.8. The number of likely N-dealkylation sites (N-methyl/N-ethyl adjacent to an activating group) is 1. The highest BCUT2D eigenvalue weighted by molar-refractivity contribution is 6.42. The number of ether oxygens (including phenoxy) is 9. The Hall–Kier alpha value is -9.27. The van der Waals surface area contributed by atoms with Gasteiger partial charge in [0.1, 0.15) is 75.7 Å². The van der Waals surface area contributed by atoms with Crippen LogP contribution in [0.15, 0.2) is 104 Å². The van der Waals surface area contributed by atoms with Crippen molar-refractivity contribution in [3.05, 3.63) is 152 Å². The van der Waals surface area contributed by atoms with Crippen LogP contribution in [0.5, 0.6) is 34.5 Å². The number of carbonyl (C=O) groups excluding carboxylic acids is 5. The van der Waals surface area contributed by atoms with E-state index in [0.717, 1.165) is 61.8 Å². The Morgan fingerprint density at radius 3 is 1.21 bits per heavy atom. The Bertz CT molecular complexity index is 4870. The van der Waals surface area contributed by atoms with Gasteiger partial charge in [0.05, 0.1) is 103 Å². The predicted octanol–water partition coefficient (Wildman–Crippen LogP) is 15.7. The number of benzene rings is 6. The molecule has 6 atom stereocenters. The van der Waals surface area contributed by atoms with Crippen LogP contribution in [0.2, 0.25) is 30.1 Å². The molecule has 12 rings (SSSR count). The van der Waals surface area contributed by atoms with Crippen LogP contribution >= 0.6 is 69.6 Å². The standard InChI is InChI=1S/C29H34Cl2N4O5.C27H27Cl2N3O5.C24H25Cl2N3O4/c1-29(2,3)40-28(37)35-15-16(10-20(35)27(36)34(4)5)11-23-32-14-18-12-17(8-9-19(18)33-23)24-25(30)21(38-6)13-22(39-7)26(24)31;1-5-23(33)32-14-15(9-19(32)27(34)37-6-2)10-22-30-13-17-11-16(7-8-18(17)31-22)24-25(28)20(35-3)12-21(36-4)26(24)29;1-4-33-24(30)17-7-13(11-27-17)8-20-28-12-15-9-14(5-6-16(15)29-20)21-22(25)18(31-2)10-19(32-3)23(21)26/h8-9,12-14,16,20H,10-11,15H2,1-7H3;5,7-8,11-13,15,19H,1,6,9-10,14H2,2-4H3;5-6,9-10,12-13,17,27H,4,7-8,11H2,1-3H3/t16-,20+;15-,19+;13-,17+/m111/s1. The minimum absolute atomic E-state index is 0.00000303. The van der Waals surface area contributed by atoms with Crippen molar-refractivity contribution in [1.82, 2.24) is 49.9 Å². The minimum atomic E-state index is -0.661. The number of halogens is 6. The maximum Gasteiger partial charge on any atom is 0.410 e. The second-order valence-corrected chi connectivity index (χ2v) is 29.8. The summed E-state index contributed by atoms with van der Waals surface area (Å²) in [6.45, 7) is 14.7. The van der Waals surface area contributed by atoms with Gasteiger partial charge in [-0.25, -0.2) is 39.5 Å². The third-order valence-corrected chi connectivity index (χ3v) is 21.1. The van der Waals surface area contributed by atoms with E-state index in [0.29, 0.717) is 151 Å². The molecule has 24 nitrogen and oxygen atoms in total. The smallest absolute Gasteiger partial charge is 0.410 e. The van der Waals surface area contributed by atoms with E-state index in [1.54, 1.807) is 72.0 Å². The van der Waals surface area contributed by atoms with Gasteiger partial charge in [0.25, 0.3) is 0 Å². The van der Waals surface area contributed by atoms with Gasteiger partial charge in [-0.3, -0.25) is 19.3 Å². The first-order valence-corrected chi connectivity index (χ1v) is 37.6. The second kappa shape index (κ2) is 36.7. The number of rotatable bonds is 21. The summed E-state index contributed by atoms with van der Waals surface area (Å²) in [5.41, 5.74) is 5.81. The molecule has 3 aliphatic rings. The van der Waals surface area contributed by atoms with Gasteiger partial charge in [0.15, 0.2) is 0 Å². The van der Waals surface area contributed by atoms with Crippen LogP contribution < -0.4 is 33.7 Å². The summed E-state index contributed by atoms with van der Waals surface area (Å²) in [6.07, 6.45) is 9.43. The third kappa shape index (κ3) is 19.0. The fourth-order valence-corrected chi connectivity index (χ4v) is 15.7. The van der Waals surface area contributed by atoms with Gasteiger partial charge >= 0.3 is 18.0 Å². The van der Waals surface area contributed by atoms with Crippen LogP contribution in [0.25, 0.3) is 66.1 Å². The molecule has 3 aromatic heterocycles. The molecular weight excluding hydrogens is 1540 g/mol. The quantitative estimate of drug-likeness (QED) is 0.0398. The van der Waals surface area contributed by atoms with E-state index in [2.05, 4.69) is 26.8 Å². The first kappa shape index (κ1) is 83.2. The van der Waals surface area contributed by atoms with Gasteiger partial charge in [0.2, 0.25) is 11.8 Å². The topological polar surface area (TPSA) is 268 Å². The fraction of sp³-hybridized carbons (Fsp3) is 0.388. The SMILES string of the molecule is C=CC(=O)N1C[C@@H](Cc2ncc3cc(-c4c(Cl)c(OC)cc(OC)c4Cl)ccc3n2)C[C@H]1C(=O)OCC.CCOC(=O)[C@@H]1C[C@H](Cc2ncc3cc(-c4c(Cl)c(OC)cc(OC)c4Cl)ccc3n2)CN1.COc1cc(OC)c(Cl)c(-c2ccc3nc(C[C@H]4C[C@@H](C(=O)N(C)C)N(C(=O)OC(C)(C)C)C4)ncc3c2)c1Cl. The first-order chi connectivity index (χ1) is 52.6. The zero-order valence-corrected chi connectivity index (χ0v) is 67.7. The van der Waals surface area contributed by atoms with Gasteiger partial charge < -0.3 is 57.7 Å². The van der Waals surface area contributed by atoms with Crippen molar-refractivity contribution in [2.24, 2.45) is 17.8 Å². The number of nitrogens with one attached hydrogen (secondary N) is 1. The minimum Gasteiger partial charge on any atom is -0.495 e. The number of carbonyl (C=O) groups is 5. The van der Waals surface area contributed by atoms with Crippen LogP contribution in [-0.2, 0) is 52.7 Å². The molecule has 3 aliphatic heterocycles. The van der Waals surface area contributed by atoms with Crippen molar-refractivity contribution in [1.29, 1.82) is 0 Å². The van der Waals surface area contributed by atoms with Crippen LogP contribution in [0, 0.1) is 17.8 Å². The van der Waals surface area contributed by atoms with Gasteiger partial charge in [-0.2, -0.15) is 0 Å². The Labute approximate surface area is 668 Å². The van der Waals surface area contributed by atoms with Crippen molar-refractivity contribution in [2.45, 2.75) is 96.9 Å². The summed E-state index contributed by atoms with van der Waals surface area (Å²) in [4.78, 5) is 94.9. The maximum atomic E-state index is 12.9. The summed E-state index contributed by atoms with van der Waals surface area (Å²) in [5.74, 6) is 4.02. The van der Waals surface area contributed by atoms with Crippen LogP contribution in [-0.4, -0.2) is 188 Å². The lowest BCUT2D eigenvalue weighted by atomic mass is 10.0. The van der Waals surface area contributed by atoms with Crippen molar-refractivity contribution < 1.29 is 66.6 Å². The number of hydrogen-bond donors (Lipinski definition) is 1. The maximum absolute atomic E-state index is 12.9. The summed E-state index contributed by atoms with van der Waals surface area (Å²) in [7, 11) is 12.6. The molecule has 6 heterocycles. The van der Waals surface area contributed by atoms with E-state index >= 15 is 0 Å². The molecule has 0 unspecified atom stereocenters. The van der Waals surface area contributed by atoms with Crippen molar-refractivity contribution >= 4 is 132 Å². The molecule has 0 bridgehead atoms. The average Bonchev–Trinajstić information content (AvgIpc) is 1.20. The molecule has 0 spiro atoms. The zero-order valence-electron chi connectivity index (χ0n) is 63.2. The van der Waals surface area contributed by atoms with Crippen molar-refractivity contribution in [3.8, 4) is 67.9 Å². The zero-order chi connectivity index (χ0) is 79.6. The molecule has 0 radical (unpaired) electrons. The van der Waals surface area contributed by atoms with Gasteiger partial charge in [-0.05, 0) is 137 Å². The van der Waals surface area contributed by atoms with E-state index < -0.39 is 29.7 Å². The van der Waals surface area contributed by atoms with Crippen molar-refractivity contribution in [3.63, 3.8) is 0 Å². The molecule has 30 heteroatoms.